The molecule has 0 spiro atoms. The van der Waals surface area contributed by atoms with Crippen molar-refractivity contribution in [3.8, 4) is 0 Å². The van der Waals surface area contributed by atoms with Crippen LogP contribution in [0.3, 0.4) is 0 Å². The zero-order valence-electron chi connectivity index (χ0n) is 16.2. The van der Waals surface area contributed by atoms with Gasteiger partial charge in [-0.3, -0.25) is 9.59 Å². The molecule has 0 bridgehead atoms. The Morgan fingerprint density at radius 1 is 1.00 bits per heavy atom. The summed E-state index contributed by atoms with van der Waals surface area (Å²) in [5, 5.41) is 0.961. The van der Waals surface area contributed by atoms with Crippen LogP contribution in [-0.4, -0.2) is 47.8 Å². The zero-order valence-corrected chi connectivity index (χ0v) is 16.2. The molecular formula is C22H28N2O3. The van der Waals surface area contributed by atoms with Crippen LogP contribution in [0.25, 0.3) is 11.0 Å². The molecule has 1 aromatic heterocycles. The topological polar surface area (TPSA) is 53.8 Å². The number of carbonyl (C=O) groups excluding carboxylic acids is 2. The number of nitrogens with zero attached hydrogens (tertiary/aromatic N) is 2. The first kappa shape index (κ1) is 18.1. The zero-order chi connectivity index (χ0) is 19.0. The van der Waals surface area contributed by atoms with E-state index in [2.05, 4.69) is 6.92 Å². The average Bonchev–Trinajstić information content (AvgIpc) is 3.13. The van der Waals surface area contributed by atoms with Crippen LogP contribution in [-0.2, 0) is 4.79 Å². The summed E-state index contributed by atoms with van der Waals surface area (Å²) in [6, 6.07) is 7.75. The third-order valence-corrected chi connectivity index (χ3v) is 6.18. The molecule has 0 saturated carbocycles. The Morgan fingerprint density at radius 2 is 1.67 bits per heavy atom. The molecule has 0 unspecified atom stereocenters. The van der Waals surface area contributed by atoms with Crippen molar-refractivity contribution in [1.82, 2.24) is 9.80 Å². The third-order valence-electron chi connectivity index (χ3n) is 6.18. The molecule has 0 atom stereocenters. The van der Waals surface area contributed by atoms with Crippen molar-refractivity contribution >= 4 is 22.8 Å². The van der Waals surface area contributed by atoms with Gasteiger partial charge in [0.2, 0.25) is 5.91 Å². The van der Waals surface area contributed by atoms with E-state index in [1.165, 1.54) is 0 Å². The van der Waals surface area contributed by atoms with Crippen LogP contribution >= 0.6 is 0 Å². The second-order valence-corrected chi connectivity index (χ2v) is 8.18. The first-order chi connectivity index (χ1) is 13.0. The van der Waals surface area contributed by atoms with E-state index < -0.39 is 0 Å². The summed E-state index contributed by atoms with van der Waals surface area (Å²) in [7, 11) is 0. The quantitative estimate of drug-likeness (QED) is 0.809. The molecule has 3 heterocycles. The molecule has 0 radical (unpaired) electrons. The fraction of sp³-hybridized carbons (Fsp3) is 0.545. The third kappa shape index (κ3) is 3.60. The Bertz CT molecular complexity index is 840. The molecule has 2 saturated heterocycles. The normalized spacial score (nSPS) is 19.6. The van der Waals surface area contributed by atoms with Crippen molar-refractivity contribution in [2.75, 3.05) is 26.2 Å². The van der Waals surface area contributed by atoms with E-state index in [0.717, 1.165) is 61.2 Å². The summed E-state index contributed by atoms with van der Waals surface area (Å²) >= 11 is 0. The van der Waals surface area contributed by atoms with Crippen molar-refractivity contribution in [2.24, 2.45) is 11.8 Å². The molecule has 27 heavy (non-hydrogen) atoms. The molecule has 5 nitrogen and oxygen atoms in total. The molecule has 2 aromatic rings. The fourth-order valence-corrected chi connectivity index (χ4v) is 4.29. The molecule has 0 aliphatic carbocycles. The number of para-hydroxylation sites is 1. The van der Waals surface area contributed by atoms with E-state index in [1.54, 1.807) is 0 Å². The standard InChI is InChI=1S/C22H28N2O3/c1-15-6-10-23(11-7-15)21(25)17-8-12-24(13-9-17)22(26)19-14-18-5-3-4-16(2)20(18)27-19/h3-5,14-15,17H,6-13H2,1-2H3. The molecule has 5 heteroatoms. The van der Waals surface area contributed by atoms with Gasteiger partial charge in [-0.25, -0.2) is 0 Å². The Labute approximate surface area is 160 Å². The van der Waals surface area contributed by atoms with E-state index in [0.29, 0.717) is 18.8 Å². The van der Waals surface area contributed by atoms with Gasteiger partial charge in [0.15, 0.2) is 5.76 Å². The molecule has 2 aliphatic rings. The van der Waals surface area contributed by atoms with Gasteiger partial charge in [-0.15, -0.1) is 0 Å². The number of piperidine rings is 2. The highest BCUT2D eigenvalue weighted by molar-refractivity contribution is 5.96. The lowest BCUT2D eigenvalue weighted by Gasteiger charge is -2.36. The summed E-state index contributed by atoms with van der Waals surface area (Å²) in [4.78, 5) is 29.5. The molecule has 2 aliphatic heterocycles. The maximum Gasteiger partial charge on any atom is 0.289 e. The monoisotopic (exact) mass is 368 g/mol. The van der Waals surface area contributed by atoms with Crippen LogP contribution in [0.15, 0.2) is 28.7 Å². The van der Waals surface area contributed by atoms with Crippen LogP contribution in [0.5, 0.6) is 0 Å². The van der Waals surface area contributed by atoms with Gasteiger partial charge in [-0.2, -0.15) is 0 Å². The van der Waals surface area contributed by atoms with E-state index in [4.69, 9.17) is 4.42 Å². The maximum atomic E-state index is 12.8. The lowest BCUT2D eigenvalue weighted by Crippen LogP contribution is -2.46. The number of fused-ring (bicyclic) bond motifs is 1. The van der Waals surface area contributed by atoms with Crippen molar-refractivity contribution in [1.29, 1.82) is 0 Å². The number of likely N-dealkylation sites (tertiary alicyclic amines) is 2. The molecular weight excluding hydrogens is 340 g/mol. The van der Waals surface area contributed by atoms with Crippen LogP contribution < -0.4 is 0 Å². The predicted octanol–water partition coefficient (Wildman–Crippen LogP) is 3.85. The number of amides is 2. The number of benzene rings is 1. The van der Waals surface area contributed by atoms with E-state index in [-0.39, 0.29) is 17.7 Å². The molecule has 2 fully saturated rings. The van der Waals surface area contributed by atoms with Gasteiger partial charge in [-0.05, 0) is 50.2 Å². The Hall–Kier alpha value is -2.30. The molecule has 2 amide bonds. The SMILES string of the molecule is Cc1cccc2cc(C(=O)N3CCC(C(=O)N4CCC(C)CC4)CC3)oc12. The summed E-state index contributed by atoms with van der Waals surface area (Å²) in [6.45, 7) is 7.25. The highest BCUT2D eigenvalue weighted by Gasteiger charge is 2.32. The van der Waals surface area contributed by atoms with Gasteiger partial charge >= 0.3 is 0 Å². The number of hydrogen-bond acceptors (Lipinski definition) is 3. The number of furan rings is 1. The number of aryl methyl sites for hydroxylation is 1. The number of rotatable bonds is 2. The smallest absolute Gasteiger partial charge is 0.289 e. The number of carbonyl (C=O) groups is 2. The number of hydrogen-bond donors (Lipinski definition) is 0. The van der Waals surface area contributed by atoms with Gasteiger partial charge in [0.25, 0.3) is 5.91 Å². The van der Waals surface area contributed by atoms with Crippen molar-refractivity contribution in [3.05, 3.63) is 35.6 Å². The van der Waals surface area contributed by atoms with Crippen LogP contribution in [0, 0.1) is 18.8 Å². The second kappa shape index (κ2) is 7.37. The maximum absolute atomic E-state index is 12.8. The van der Waals surface area contributed by atoms with Crippen molar-refractivity contribution < 1.29 is 14.0 Å². The second-order valence-electron chi connectivity index (χ2n) is 8.18. The summed E-state index contributed by atoms with van der Waals surface area (Å²) < 4.78 is 5.83. The van der Waals surface area contributed by atoms with Crippen LogP contribution in [0.1, 0.15) is 48.7 Å². The Balaban J connectivity index is 1.37. The minimum Gasteiger partial charge on any atom is -0.451 e. The molecule has 144 valence electrons. The van der Waals surface area contributed by atoms with E-state index >= 15 is 0 Å². The first-order valence-electron chi connectivity index (χ1n) is 10.1. The van der Waals surface area contributed by atoms with Crippen molar-refractivity contribution in [3.63, 3.8) is 0 Å². The van der Waals surface area contributed by atoms with Crippen LogP contribution in [0.2, 0.25) is 0 Å². The average molecular weight is 368 g/mol. The fourth-order valence-electron chi connectivity index (χ4n) is 4.29. The minimum atomic E-state index is -0.0664. The molecule has 0 N–H and O–H groups in total. The largest absolute Gasteiger partial charge is 0.451 e. The van der Waals surface area contributed by atoms with Gasteiger partial charge in [-0.1, -0.05) is 25.1 Å². The van der Waals surface area contributed by atoms with Gasteiger partial charge in [0.1, 0.15) is 5.58 Å². The highest BCUT2D eigenvalue weighted by Crippen LogP contribution is 2.27. The predicted molar refractivity (Wildman–Crippen MR) is 105 cm³/mol. The van der Waals surface area contributed by atoms with E-state index in [9.17, 15) is 9.59 Å². The molecule has 1 aromatic carbocycles. The molecule has 4 rings (SSSR count). The lowest BCUT2D eigenvalue weighted by atomic mass is 9.92. The van der Waals surface area contributed by atoms with E-state index in [1.807, 2.05) is 41.0 Å². The summed E-state index contributed by atoms with van der Waals surface area (Å²) in [5.41, 5.74) is 1.82. The minimum absolute atomic E-state index is 0.0559. The van der Waals surface area contributed by atoms with Crippen molar-refractivity contribution in [2.45, 2.75) is 39.5 Å². The highest BCUT2D eigenvalue weighted by atomic mass is 16.3. The summed E-state index contributed by atoms with van der Waals surface area (Å²) in [6.07, 6.45) is 3.70. The van der Waals surface area contributed by atoms with Gasteiger partial charge < -0.3 is 14.2 Å². The Morgan fingerprint density at radius 3 is 2.33 bits per heavy atom. The Kier molecular flexibility index (Phi) is 4.94. The summed E-state index contributed by atoms with van der Waals surface area (Å²) in [5.74, 6) is 1.40. The lowest BCUT2D eigenvalue weighted by molar-refractivity contribution is -0.138. The van der Waals surface area contributed by atoms with Crippen LogP contribution in [0.4, 0.5) is 0 Å². The van der Waals surface area contributed by atoms with Gasteiger partial charge in [0.05, 0.1) is 0 Å². The van der Waals surface area contributed by atoms with Gasteiger partial charge in [0, 0.05) is 37.5 Å². The first-order valence-corrected chi connectivity index (χ1v) is 10.1.